The number of carbonyl (C=O) groups is 1. The van der Waals surface area contributed by atoms with Crippen LogP contribution >= 0.6 is 11.3 Å². The average molecular weight is 643 g/mol. The first-order valence-corrected chi connectivity index (χ1v) is 15.8. The first-order valence-electron chi connectivity index (χ1n) is 14.9. The molecule has 0 saturated carbocycles. The molecular formula is C31H39FN6O6S. The summed E-state index contributed by atoms with van der Waals surface area (Å²) in [6, 6.07) is 4.15. The smallest absolute Gasteiger partial charge is 0.333 e. The molecule has 1 aliphatic rings. The van der Waals surface area contributed by atoms with E-state index in [4.69, 9.17) is 14.2 Å². The standard InChI is InChI=1S/C31H39FN6O6S/c1-18(2)16-33-29(40)31(4,5)37-26(39)25-19(3)27(38-34-11-12-35-38)45-28(25)36(30(37)41)17-24(44-21-9-13-43-14-10-21)22-15-20(32)7-8-23(22)42-6/h7-8,11-12,15,18,21,24H,9-10,13-14,16-17H2,1-6H3,(H,33,40)/t24-/m0/s1. The highest BCUT2D eigenvalue weighted by Gasteiger charge is 2.36. The van der Waals surface area contributed by atoms with Crippen LogP contribution in [0.4, 0.5) is 4.39 Å². The molecule has 0 unspecified atom stereocenters. The summed E-state index contributed by atoms with van der Waals surface area (Å²) in [5.41, 5.74) is -1.88. The van der Waals surface area contributed by atoms with Gasteiger partial charge in [-0.1, -0.05) is 25.2 Å². The number of hydrogen-bond acceptors (Lipinski definition) is 9. The van der Waals surface area contributed by atoms with Crippen molar-refractivity contribution in [3.63, 3.8) is 0 Å². The lowest BCUT2D eigenvalue weighted by Crippen LogP contribution is -2.56. The van der Waals surface area contributed by atoms with Crippen LogP contribution in [0.3, 0.4) is 0 Å². The number of benzene rings is 1. The molecule has 1 fully saturated rings. The van der Waals surface area contributed by atoms with Crippen LogP contribution in [0.2, 0.25) is 0 Å². The molecular weight excluding hydrogens is 603 g/mol. The SMILES string of the molecule is COc1ccc(F)cc1[C@H](Cn1c(=O)n(C(C)(C)C(=O)NCC(C)C)c(=O)c2c(C)c(-n3nccn3)sc21)OC1CCOCC1. The van der Waals surface area contributed by atoms with Gasteiger partial charge in [0.1, 0.15) is 33.0 Å². The van der Waals surface area contributed by atoms with Crippen LogP contribution < -0.4 is 21.3 Å². The summed E-state index contributed by atoms with van der Waals surface area (Å²) in [6.45, 7) is 10.1. The second-order valence-electron chi connectivity index (χ2n) is 12.1. The quantitative estimate of drug-likeness (QED) is 0.262. The summed E-state index contributed by atoms with van der Waals surface area (Å²) < 4.78 is 34.8. The minimum absolute atomic E-state index is 0.0948. The van der Waals surface area contributed by atoms with Gasteiger partial charge in [-0.05, 0) is 57.7 Å². The van der Waals surface area contributed by atoms with E-state index in [0.29, 0.717) is 59.3 Å². The lowest BCUT2D eigenvalue weighted by atomic mass is 10.0. The zero-order valence-corrected chi connectivity index (χ0v) is 27.1. The predicted molar refractivity (Wildman–Crippen MR) is 168 cm³/mol. The van der Waals surface area contributed by atoms with Crippen molar-refractivity contribution in [3.8, 4) is 10.8 Å². The molecule has 1 atom stereocenters. The zero-order valence-electron chi connectivity index (χ0n) is 26.3. The highest BCUT2D eigenvalue weighted by molar-refractivity contribution is 7.21. The van der Waals surface area contributed by atoms with E-state index in [1.807, 2.05) is 13.8 Å². The van der Waals surface area contributed by atoms with Gasteiger partial charge in [-0.25, -0.2) is 13.8 Å². The second-order valence-corrected chi connectivity index (χ2v) is 13.0. The third-order valence-electron chi connectivity index (χ3n) is 7.99. The van der Waals surface area contributed by atoms with Gasteiger partial charge in [-0.3, -0.25) is 14.2 Å². The fraction of sp³-hybridized carbons (Fsp3) is 0.516. The molecule has 0 spiro atoms. The minimum atomic E-state index is -1.55. The molecule has 1 aromatic carbocycles. The van der Waals surface area contributed by atoms with Gasteiger partial charge >= 0.3 is 5.69 Å². The van der Waals surface area contributed by atoms with Crippen molar-refractivity contribution in [3.05, 3.63) is 68.4 Å². The fourth-order valence-electron chi connectivity index (χ4n) is 5.50. The van der Waals surface area contributed by atoms with Gasteiger partial charge in [-0.2, -0.15) is 10.2 Å². The second kappa shape index (κ2) is 13.2. The van der Waals surface area contributed by atoms with Crippen LogP contribution in [0.15, 0.2) is 40.2 Å². The van der Waals surface area contributed by atoms with E-state index in [-0.39, 0.29) is 24.0 Å². The van der Waals surface area contributed by atoms with Crippen LogP contribution in [0, 0.1) is 18.7 Å². The van der Waals surface area contributed by atoms with Crippen molar-refractivity contribution < 1.29 is 23.4 Å². The predicted octanol–water partition coefficient (Wildman–Crippen LogP) is 3.71. The maximum absolute atomic E-state index is 14.7. The molecule has 1 amide bonds. The number of hydrogen-bond donors (Lipinski definition) is 1. The summed E-state index contributed by atoms with van der Waals surface area (Å²) in [7, 11) is 1.48. The molecule has 0 bridgehead atoms. The molecule has 0 aliphatic carbocycles. The topological polar surface area (TPSA) is 132 Å². The Balaban J connectivity index is 1.74. The molecule has 0 radical (unpaired) electrons. The molecule has 14 heteroatoms. The number of aromatic nitrogens is 5. The summed E-state index contributed by atoms with van der Waals surface area (Å²) in [6.07, 6.45) is 3.21. The number of nitrogens with zero attached hydrogens (tertiary/aromatic N) is 5. The lowest BCUT2D eigenvalue weighted by Gasteiger charge is -2.30. The van der Waals surface area contributed by atoms with E-state index in [9.17, 15) is 18.8 Å². The van der Waals surface area contributed by atoms with Crippen LogP contribution in [0.1, 0.15) is 57.8 Å². The van der Waals surface area contributed by atoms with Crippen LogP contribution in [-0.2, 0) is 26.4 Å². The summed E-state index contributed by atoms with van der Waals surface area (Å²) in [4.78, 5) is 44.0. The van der Waals surface area contributed by atoms with E-state index in [1.165, 1.54) is 58.4 Å². The monoisotopic (exact) mass is 642 g/mol. The number of fused-ring (bicyclic) bond motifs is 1. The Hall–Kier alpha value is -3.88. The van der Waals surface area contributed by atoms with Crippen molar-refractivity contribution in [2.75, 3.05) is 26.9 Å². The highest BCUT2D eigenvalue weighted by atomic mass is 32.1. The Bertz CT molecular complexity index is 1790. The Morgan fingerprint density at radius 3 is 2.53 bits per heavy atom. The third kappa shape index (κ3) is 6.44. The van der Waals surface area contributed by atoms with Crippen molar-refractivity contribution >= 4 is 27.5 Å². The zero-order chi connectivity index (χ0) is 32.5. The molecule has 45 heavy (non-hydrogen) atoms. The Morgan fingerprint density at radius 2 is 1.89 bits per heavy atom. The van der Waals surface area contributed by atoms with Gasteiger partial charge in [0.05, 0.1) is 37.5 Å². The molecule has 1 saturated heterocycles. The van der Waals surface area contributed by atoms with E-state index >= 15 is 0 Å². The van der Waals surface area contributed by atoms with E-state index in [1.54, 1.807) is 20.8 Å². The Kier molecular flexibility index (Phi) is 9.56. The maximum atomic E-state index is 14.7. The first-order chi connectivity index (χ1) is 21.4. The van der Waals surface area contributed by atoms with Crippen LogP contribution in [0.5, 0.6) is 5.75 Å². The first kappa shape index (κ1) is 32.5. The fourth-order valence-corrected chi connectivity index (χ4v) is 6.72. The molecule has 1 aliphatic heterocycles. The summed E-state index contributed by atoms with van der Waals surface area (Å²) >= 11 is 1.18. The number of thiophene rings is 1. The van der Waals surface area contributed by atoms with E-state index < -0.39 is 34.6 Å². The molecule has 1 N–H and O–H groups in total. The summed E-state index contributed by atoms with van der Waals surface area (Å²) in [5.74, 6) is -0.405. The third-order valence-corrected chi connectivity index (χ3v) is 9.27. The van der Waals surface area contributed by atoms with Crippen molar-refractivity contribution in [2.24, 2.45) is 5.92 Å². The number of nitrogens with one attached hydrogen (secondary N) is 1. The normalized spacial score (nSPS) is 15.1. The van der Waals surface area contributed by atoms with Gasteiger partial charge < -0.3 is 19.5 Å². The van der Waals surface area contributed by atoms with Gasteiger partial charge in [0.15, 0.2) is 0 Å². The molecule has 242 valence electrons. The van der Waals surface area contributed by atoms with Gasteiger partial charge in [0.25, 0.3) is 5.56 Å². The van der Waals surface area contributed by atoms with Crippen LogP contribution in [0.25, 0.3) is 15.2 Å². The number of amides is 1. The number of rotatable bonds is 11. The number of carbonyl (C=O) groups excluding carboxylic acids is 1. The maximum Gasteiger partial charge on any atom is 0.333 e. The molecule has 3 aromatic heterocycles. The van der Waals surface area contributed by atoms with E-state index in [0.717, 1.165) is 4.57 Å². The van der Waals surface area contributed by atoms with E-state index in [2.05, 4.69) is 15.5 Å². The minimum Gasteiger partial charge on any atom is -0.496 e. The number of ether oxygens (including phenoxy) is 3. The van der Waals surface area contributed by atoms with Crippen molar-refractivity contribution in [2.45, 2.75) is 71.8 Å². The molecule has 4 heterocycles. The highest BCUT2D eigenvalue weighted by Crippen LogP contribution is 2.35. The molecule has 4 aromatic rings. The largest absolute Gasteiger partial charge is 0.496 e. The Labute approximate surface area is 263 Å². The molecule has 12 nitrogen and oxygen atoms in total. The lowest BCUT2D eigenvalue weighted by molar-refractivity contribution is -0.128. The van der Waals surface area contributed by atoms with Gasteiger partial charge in [-0.15, -0.1) is 4.80 Å². The number of aryl methyl sites for hydroxylation is 1. The number of halogens is 1. The molecule has 5 rings (SSSR count). The van der Waals surface area contributed by atoms with Crippen molar-refractivity contribution in [1.29, 1.82) is 0 Å². The number of methoxy groups -OCH3 is 1. The van der Waals surface area contributed by atoms with Crippen molar-refractivity contribution in [1.82, 2.24) is 29.4 Å². The van der Waals surface area contributed by atoms with Gasteiger partial charge in [0, 0.05) is 30.9 Å². The average Bonchev–Trinajstić information content (AvgIpc) is 3.66. The van der Waals surface area contributed by atoms with Gasteiger partial charge in [0.2, 0.25) is 5.91 Å². The Morgan fingerprint density at radius 1 is 1.20 bits per heavy atom. The summed E-state index contributed by atoms with van der Waals surface area (Å²) in [5, 5.41) is 12.2. The van der Waals surface area contributed by atoms with Crippen LogP contribution in [-0.4, -0.2) is 63.0 Å².